The molecule has 2 fully saturated rings. The number of hydrogen-bond donors (Lipinski definition) is 3. The van der Waals surface area contributed by atoms with Crippen LogP contribution in [0.2, 0.25) is 0 Å². The number of carbonyl (C=O) groups excluding carboxylic acids is 2. The van der Waals surface area contributed by atoms with Crippen LogP contribution >= 0.6 is 0 Å². The highest BCUT2D eigenvalue weighted by Crippen LogP contribution is 2.46. The number of nitrogens with one attached hydrogen (secondary N) is 2. The van der Waals surface area contributed by atoms with Crippen molar-refractivity contribution in [1.82, 2.24) is 15.5 Å². The minimum absolute atomic E-state index is 0.0432. The first-order chi connectivity index (χ1) is 15.0. The number of nitrogens with two attached hydrogens (primary N) is 1. The normalized spacial score (nSPS) is 25.0. The summed E-state index contributed by atoms with van der Waals surface area (Å²) in [5, 5.41) is 6.69. The van der Waals surface area contributed by atoms with Gasteiger partial charge in [-0.15, -0.1) is 0 Å². The molecule has 0 radical (unpaired) electrons. The zero-order chi connectivity index (χ0) is 21.8. The van der Waals surface area contributed by atoms with Crippen LogP contribution in [0.3, 0.4) is 0 Å². The minimum atomic E-state index is -0.433. The average Bonchev–Trinajstić information content (AvgIpc) is 3.12. The number of hydrogen-bond acceptors (Lipinski definition) is 5. The summed E-state index contributed by atoms with van der Waals surface area (Å²) in [5.41, 5.74) is 6.74. The molecule has 0 saturated carbocycles. The molecule has 2 aromatic rings. The van der Waals surface area contributed by atoms with Gasteiger partial charge < -0.3 is 26.0 Å². The summed E-state index contributed by atoms with van der Waals surface area (Å²) in [6.45, 7) is 4.47. The van der Waals surface area contributed by atoms with Gasteiger partial charge in [0, 0.05) is 38.0 Å². The number of amides is 2. The quantitative estimate of drug-likeness (QED) is 0.659. The highest BCUT2D eigenvalue weighted by atomic mass is 16.5. The second kappa shape index (κ2) is 9.08. The molecule has 0 aliphatic carbocycles. The Morgan fingerprint density at radius 2 is 1.94 bits per heavy atom. The SMILES string of the molecule is CC(=O)N[C@@]12CCNC[C@@H]1[C@@H](c1ccccc1)N(C(=O)c1ccc(OCCN)cc1)C2. The molecule has 0 unspecified atom stereocenters. The van der Waals surface area contributed by atoms with Crippen LogP contribution in [0.15, 0.2) is 54.6 Å². The van der Waals surface area contributed by atoms with Gasteiger partial charge in [0.05, 0.1) is 11.6 Å². The molecule has 2 heterocycles. The first-order valence-corrected chi connectivity index (χ1v) is 10.8. The van der Waals surface area contributed by atoms with Crippen LogP contribution in [0.25, 0.3) is 0 Å². The van der Waals surface area contributed by atoms with Crippen molar-refractivity contribution in [3.63, 3.8) is 0 Å². The van der Waals surface area contributed by atoms with E-state index in [0.717, 1.165) is 25.1 Å². The van der Waals surface area contributed by atoms with Crippen LogP contribution in [-0.2, 0) is 4.79 Å². The number of ether oxygens (including phenoxy) is 1. The lowest BCUT2D eigenvalue weighted by atomic mass is 9.76. The standard InChI is InChI=1S/C24H30N4O3/c1-17(29)27-24-11-13-26-15-21(24)22(18-5-3-2-4-6-18)28(16-24)23(30)19-7-9-20(10-8-19)31-14-12-25/h2-10,21-22,26H,11-16,25H2,1H3,(H,27,29)/t21-,22-,24-/m1/s1. The van der Waals surface area contributed by atoms with Crippen LogP contribution in [0.4, 0.5) is 0 Å². The summed E-state index contributed by atoms with van der Waals surface area (Å²) in [4.78, 5) is 27.7. The van der Waals surface area contributed by atoms with Crippen molar-refractivity contribution in [3.8, 4) is 5.75 Å². The Balaban J connectivity index is 1.68. The van der Waals surface area contributed by atoms with E-state index in [1.165, 1.54) is 0 Å². The molecule has 0 spiro atoms. The summed E-state index contributed by atoms with van der Waals surface area (Å²) in [6.07, 6.45) is 0.788. The lowest BCUT2D eigenvalue weighted by molar-refractivity contribution is -0.121. The number of nitrogens with zero attached hydrogens (tertiary/aromatic N) is 1. The fraction of sp³-hybridized carbons (Fsp3) is 0.417. The lowest BCUT2D eigenvalue weighted by Gasteiger charge is -2.40. The second-order valence-electron chi connectivity index (χ2n) is 8.35. The van der Waals surface area contributed by atoms with E-state index < -0.39 is 5.54 Å². The highest BCUT2D eigenvalue weighted by molar-refractivity contribution is 5.95. The van der Waals surface area contributed by atoms with Gasteiger partial charge in [-0.05, 0) is 42.8 Å². The molecule has 7 heteroatoms. The Bertz CT molecular complexity index is 918. The van der Waals surface area contributed by atoms with Crippen molar-refractivity contribution in [2.45, 2.75) is 24.9 Å². The smallest absolute Gasteiger partial charge is 0.254 e. The van der Waals surface area contributed by atoms with Crippen LogP contribution in [0.1, 0.15) is 35.3 Å². The predicted octanol–water partition coefficient (Wildman–Crippen LogP) is 1.71. The zero-order valence-corrected chi connectivity index (χ0v) is 17.8. The number of benzene rings is 2. The first kappa shape index (κ1) is 21.3. The Hall–Kier alpha value is -2.90. The molecule has 2 aliphatic rings. The number of rotatable bonds is 6. The van der Waals surface area contributed by atoms with Gasteiger partial charge in [-0.2, -0.15) is 0 Å². The average molecular weight is 423 g/mol. The van der Waals surface area contributed by atoms with E-state index in [4.69, 9.17) is 10.5 Å². The number of likely N-dealkylation sites (tertiary alicyclic amines) is 1. The van der Waals surface area contributed by atoms with Crippen molar-refractivity contribution in [3.05, 3.63) is 65.7 Å². The third kappa shape index (κ3) is 4.29. The maximum absolute atomic E-state index is 13.7. The molecule has 31 heavy (non-hydrogen) atoms. The van der Waals surface area contributed by atoms with Gasteiger partial charge in [0.2, 0.25) is 5.91 Å². The third-order valence-corrected chi connectivity index (χ3v) is 6.31. The minimum Gasteiger partial charge on any atom is -0.492 e. The van der Waals surface area contributed by atoms with Gasteiger partial charge in [0.25, 0.3) is 5.91 Å². The third-order valence-electron chi connectivity index (χ3n) is 6.31. The van der Waals surface area contributed by atoms with Crippen LogP contribution in [-0.4, -0.2) is 55.0 Å². The Morgan fingerprint density at radius 1 is 1.19 bits per heavy atom. The first-order valence-electron chi connectivity index (χ1n) is 10.8. The molecule has 4 N–H and O–H groups in total. The molecule has 164 valence electrons. The second-order valence-corrected chi connectivity index (χ2v) is 8.35. The van der Waals surface area contributed by atoms with Crippen molar-refractivity contribution < 1.29 is 14.3 Å². The van der Waals surface area contributed by atoms with Crippen molar-refractivity contribution in [1.29, 1.82) is 0 Å². The monoisotopic (exact) mass is 422 g/mol. The Labute approximate surface area is 182 Å². The predicted molar refractivity (Wildman–Crippen MR) is 119 cm³/mol. The van der Waals surface area contributed by atoms with Crippen molar-refractivity contribution in [2.75, 3.05) is 32.8 Å². The fourth-order valence-corrected chi connectivity index (χ4v) is 5.02. The van der Waals surface area contributed by atoms with E-state index in [1.54, 1.807) is 31.2 Å². The molecule has 4 rings (SSSR count). The maximum atomic E-state index is 13.7. The Kier molecular flexibility index (Phi) is 6.25. The highest BCUT2D eigenvalue weighted by Gasteiger charge is 2.55. The molecule has 2 aliphatic heterocycles. The molecular formula is C24H30N4O3. The van der Waals surface area contributed by atoms with E-state index in [0.29, 0.717) is 31.0 Å². The van der Waals surface area contributed by atoms with Gasteiger partial charge in [0.15, 0.2) is 0 Å². The molecule has 2 saturated heterocycles. The number of fused-ring (bicyclic) bond motifs is 1. The van der Waals surface area contributed by atoms with Crippen molar-refractivity contribution in [2.24, 2.45) is 11.7 Å². The van der Waals surface area contributed by atoms with E-state index in [-0.39, 0.29) is 23.8 Å². The van der Waals surface area contributed by atoms with E-state index in [2.05, 4.69) is 22.8 Å². The van der Waals surface area contributed by atoms with E-state index in [1.807, 2.05) is 23.1 Å². The summed E-state index contributed by atoms with van der Waals surface area (Å²) in [7, 11) is 0. The van der Waals surface area contributed by atoms with Gasteiger partial charge in [0.1, 0.15) is 12.4 Å². The molecule has 7 nitrogen and oxygen atoms in total. The summed E-state index contributed by atoms with van der Waals surface area (Å²) in [6, 6.07) is 17.2. The van der Waals surface area contributed by atoms with Gasteiger partial charge >= 0.3 is 0 Å². The van der Waals surface area contributed by atoms with Gasteiger partial charge in [-0.3, -0.25) is 9.59 Å². The summed E-state index contributed by atoms with van der Waals surface area (Å²) in [5.74, 6) is 0.673. The molecular weight excluding hydrogens is 392 g/mol. The summed E-state index contributed by atoms with van der Waals surface area (Å²) < 4.78 is 5.54. The topological polar surface area (TPSA) is 96.7 Å². The molecule has 0 bridgehead atoms. The van der Waals surface area contributed by atoms with E-state index >= 15 is 0 Å². The molecule has 2 amide bonds. The van der Waals surface area contributed by atoms with Gasteiger partial charge in [-0.25, -0.2) is 0 Å². The number of carbonyl (C=O) groups is 2. The van der Waals surface area contributed by atoms with Crippen LogP contribution in [0.5, 0.6) is 5.75 Å². The number of piperidine rings is 1. The van der Waals surface area contributed by atoms with Crippen molar-refractivity contribution >= 4 is 11.8 Å². The fourth-order valence-electron chi connectivity index (χ4n) is 5.02. The maximum Gasteiger partial charge on any atom is 0.254 e. The summed E-state index contributed by atoms with van der Waals surface area (Å²) >= 11 is 0. The lowest BCUT2D eigenvalue weighted by Crippen LogP contribution is -2.60. The van der Waals surface area contributed by atoms with Crippen LogP contribution in [0, 0.1) is 5.92 Å². The largest absolute Gasteiger partial charge is 0.492 e. The zero-order valence-electron chi connectivity index (χ0n) is 17.8. The van der Waals surface area contributed by atoms with Gasteiger partial charge in [-0.1, -0.05) is 30.3 Å². The molecule has 2 aromatic carbocycles. The van der Waals surface area contributed by atoms with E-state index in [9.17, 15) is 9.59 Å². The molecule has 3 atom stereocenters. The molecule has 0 aromatic heterocycles. The Morgan fingerprint density at radius 3 is 2.61 bits per heavy atom. The van der Waals surface area contributed by atoms with Crippen LogP contribution < -0.4 is 21.1 Å².